The Kier molecular flexibility index (Phi) is 3.78. The monoisotopic (exact) mass is 347 g/mol. The quantitative estimate of drug-likeness (QED) is 0.703. The summed E-state index contributed by atoms with van der Waals surface area (Å²) in [6.07, 6.45) is 0. The van der Waals surface area contributed by atoms with Crippen LogP contribution in [0.1, 0.15) is 5.56 Å². The van der Waals surface area contributed by atoms with Gasteiger partial charge in [-0.25, -0.2) is 10.1 Å². The van der Waals surface area contributed by atoms with E-state index < -0.39 is 0 Å². The van der Waals surface area contributed by atoms with E-state index in [1.165, 1.54) is 0 Å². The number of hydrogen-bond acceptors (Lipinski definition) is 6. The lowest BCUT2D eigenvalue weighted by atomic mass is 10.2. The predicted molar refractivity (Wildman–Crippen MR) is 77.5 cm³/mol. The number of aromatic amines is 1. The van der Waals surface area contributed by atoms with Crippen molar-refractivity contribution in [1.82, 2.24) is 25.6 Å². The van der Waals surface area contributed by atoms with Crippen molar-refractivity contribution in [2.24, 2.45) is 0 Å². The van der Waals surface area contributed by atoms with Crippen LogP contribution in [0.25, 0.3) is 11.5 Å². The van der Waals surface area contributed by atoms with Gasteiger partial charge in [0.25, 0.3) is 0 Å². The minimum atomic E-state index is -0.118. The normalized spacial score (nSPS) is 10.5. The maximum atomic E-state index is 10.2. The number of rotatable bonds is 4. The van der Waals surface area contributed by atoms with Gasteiger partial charge in [-0.2, -0.15) is 0 Å². The second-order valence-corrected chi connectivity index (χ2v) is 4.98. The molecule has 0 fully saturated rings. The van der Waals surface area contributed by atoms with Crippen LogP contribution >= 0.6 is 15.9 Å². The van der Waals surface area contributed by atoms with E-state index in [1.54, 1.807) is 6.07 Å². The molecule has 3 rings (SSSR count). The van der Waals surface area contributed by atoms with Crippen molar-refractivity contribution in [3.05, 3.63) is 46.6 Å². The standard InChI is InChI=1S/C13H10BrN5O2/c14-10-6-9(21-7-8-4-2-1-3-5-8)12(20)11(15-10)13-16-18-19-17-13/h1-6,20H,7H2,(H,16,17,18,19). The van der Waals surface area contributed by atoms with Crippen molar-refractivity contribution in [2.75, 3.05) is 0 Å². The third kappa shape index (κ3) is 3.00. The Labute approximate surface area is 128 Å². The van der Waals surface area contributed by atoms with E-state index in [9.17, 15) is 5.11 Å². The maximum absolute atomic E-state index is 10.2. The second kappa shape index (κ2) is 5.88. The molecule has 0 aliphatic carbocycles. The Hall–Kier alpha value is -2.48. The molecule has 0 atom stereocenters. The Balaban J connectivity index is 1.89. The molecule has 21 heavy (non-hydrogen) atoms. The van der Waals surface area contributed by atoms with Gasteiger partial charge in [0.15, 0.2) is 17.2 Å². The summed E-state index contributed by atoms with van der Waals surface area (Å²) in [6, 6.07) is 11.2. The number of aromatic hydroxyl groups is 1. The molecule has 2 aromatic heterocycles. The van der Waals surface area contributed by atoms with Gasteiger partial charge in [0.05, 0.1) is 0 Å². The van der Waals surface area contributed by atoms with Crippen LogP contribution in [0, 0.1) is 0 Å². The van der Waals surface area contributed by atoms with Gasteiger partial charge in [0.2, 0.25) is 5.82 Å². The maximum Gasteiger partial charge on any atom is 0.202 e. The molecular weight excluding hydrogens is 338 g/mol. The molecule has 0 amide bonds. The molecule has 3 aromatic rings. The van der Waals surface area contributed by atoms with Crippen molar-refractivity contribution in [3.8, 4) is 23.0 Å². The Bertz CT molecular complexity index is 734. The molecule has 0 spiro atoms. The zero-order chi connectivity index (χ0) is 14.7. The lowest BCUT2D eigenvalue weighted by molar-refractivity contribution is 0.288. The second-order valence-electron chi connectivity index (χ2n) is 4.16. The van der Waals surface area contributed by atoms with Crippen LogP contribution in [0.15, 0.2) is 41.0 Å². The van der Waals surface area contributed by atoms with Crippen LogP contribution in [-0.2, 0) is 6.61 Å². The molecule has 8 heteroatoms. The molecule has 0 aliphatic heterocycles. The highest BCUT2D eigenvalue weighted by atomic mass is 79.9. The van der Waals surface area contributed by atoms with Crippen molar-refractivity contribution in [1.29, 1.82) is 0 Å². The summed E-state index contributed by atoms with van der Waals surface area (Å²) >= 11 is 3.27. The van der Waals surface area contributed by atoms with Gasteiger partial charge in [-0.05, 0) is 31.9 Å². The Morgan fingerprint density at radius 3 is 2.76 bits per heavy atom. The average molecular weight is 348 g/mol. The first kappa shape index (κ1) is 13.5. The lowest BCUT2D eigenvalue weighted by Crippen LogP contribution is -1.98. The number of ether oxygens (including phenoxy) is 1. The lowest BCUT2D eigenvalue weighted by Gasteiger charge is -2.10. The highest BCUT2D eigenvalue weighted by molar-refractivity contribution is 9.10. The average Bonchev–Trinajstić information content (AvgIpc) is 3.03. The van der Waals surface area contributed by atoms with E-state index >= 15 is 0 Å². The number of benzene rings is 1. The third-order valence-electron chi connectivity index (χ3n) is 2.73. The largest absolute Gasteiger partial charge is 0.503 e. The molecule has 2 heterocycles. The van der Waals surface area contributed by atoms with Gasteiger partial charge >= 0.3 is 0 Å². The minimum Gasteiger partial charge on any atom is -0.503 e. The fraction of sp³-hybridized carbons (Fsp3) is 0.0769. The molecule has 0 aliphatic rings. The number of H-pyrrole nitrogens is 1. The topological polar surface area (TPSA) is 96.8 Å². The van der Waals surface area contributed by atoms with Crippen LogP contribution in [0.3, 0.4) is 0 Å². The van der Waals surface area contributed by atoms with Gasteiger partial charge in [0, 0.05) is 6.07 Å². The summed E-state index contributed by atoms with van der Waals surface area (Å²) in [5, 5.41) is 23.5. The first-order chi connectivity index (χ1) is 10.2. The van der Waals surface area contributed by atoms with E-state index in [1.807, 2.05) is 30.3 Å². The van der Waals surface area contributed by atoms with E-state index in [0.717, 1.165) is 5.56 Å². The fourth-order valence-electron chi connectivity index (χ4n) is 1.76. The molecule has 0 saturated heterocycles. The Morgan fingerprint density at radius 1 is 1.24 bits per heavy atom. The smallest absolute Gasteiger partial charge is 0.202 e. The summed E-state index contributed by atoms with van der Waals surface area (Å²) in [7, 11) is 0. The van der Waals surface area contributed by atoms with Gasteiger partial charge in [-0.3, -0.25) is 0 Å². The van der Waals surface area contributed by atoms with E-state index in [0.29, 0.717) is 17.0 Å². The van der Waals surface area contributed by atoms with Crippen LogP contribution in [-0.4, -0.2) is 30.7 Å². The van der Waals surface area contributed by atoms with Crippen LogP contribution in [0.4, 0.5) is 0 Å². The number of tetrazole rings is 1. The molecule has 1 aromatic carbocycles. The van der Waals surface area contributed by atoms with E-state index in [2.05, 4.69) is 41.5 Å². The van der Waals surface area contributed by atoms with Crippen LogP contribution in [0.5, 0.6) is 11.5 Å². The fourth-order valence-corrected chi connectivity index (χ4v) is 2.14. The number of nitrogens with one attached hydrogen (secondary N) is 1. The SMILES string of the molecule is Oc1c(OCc2ccccc2)cc(Br)nc1-c1nnn[nH]1. The van der Waals surface area contributed by atoms with Crippen molar-refractivity contribution in [3.63, 3.8) is 0 Å². The minimum absolute atomic E-state index is 0.118. The number of aromatic nitrogens is 5. The zero-order valence-electron chi connectivity index (χ0n) is 10.7. The zero-order valence-corrected chi connectivity index (χ0v) is 12.3. The summed E-state index contributed by atoms with van der Waals surface area (Å²) in [6.45, 7) is 0.332. The van der Waals surface area contributed by atoms with Crippen LogP contribution in [0.2, 0.25) is 0 Å². The van der Waals surface area contributed by atoms with E-state index in [4.69, 9.17) is 4.74 Å². The Morgan fingerprint density at radius 2 is 2.05 bits per heavy atom. The molecule has 0 unspecified atom stereocenters. The van der Waals surface area contributed by atoms with Gasteiger partial charge in [-0.1, -0.05) is 30.3 Å². The molecule has 2 N–H and O–H groups in total. The van der Waals surface area contributed by atoms with Gasteiger partial charge < -0.3 is 9.84 Å². The number of nitrogens with zero attached hydrogens (tertiary/aromatic N) is 4. The number of hydrogen-bond donors (Lipinski definition) is 2. The molecular formula is C13H10BrN5O2. The molecule has 0 saturated carbocycles. The van der Waals surface area contributed by atoms with Gasteiger partial charge in [0.1, 0.15) is 11.2 Å². The van der Waals surface area contributed by atoms with Crippen molar-refractivity contribution >= 4 is 15.9 Å². The summed E-state index contributed by atoms with van der Waals surface area (Å²) in [5.74, 6) is 0.443. The molecule has 0 bridgehead atoms. The highest BCUT2D eigenvalue weighted by Crippen LogP contribution is 2.36. The predicted octanol–water partition coefficient (Wildman–Crippen LogP) is 2.31. The number of pyridine rings is 1. The summed E-state index contributed by atoms with van der Waals surface area (Å²) in [4.78, 5) is 4.14. The number of halogens is 1. The van der Waals surface area contributed by atoms with Gasteiger partial charge in [-0.15, -0.1) is 5.10 Å². The summed E-state index contributed by atoms with van der Waals surface area (Å²) in [5.41, 5.74) is 1.21. The molecule has 7 nitrogen and oxygen atoms in total. The first-order valence-corrected chi connectivity index (χ1v) is 6.83. The van der Waals surface area contributed by atoms with Crippen molar-refractivity contribution < 1.29 is 9.84 Å². The van der Waals surface area contributed by atoms with Crippen LogP contribution < -0.4 is 4.74 Å². The van der Waals surface area contributed by atoms with Crippen molar-refractivity contribution in [2.45, 2.75) is 6.61 Å². The third-order valence-corrected chi connectivity index (χ3v) is 3.14. The molecule has 0 radical (unpaired) electrons. The highest BCUT2D eigenvalue weighted by Gasteiger charge is 2.16. The summed E-state index contributed by atoms with van der Waals surface area (Å²) < 4.78 is 6.15. The molecule has 106 valence electrons. The van der Waals surface area contributed by atoms with E-state index in [-0.39, 0.29) is 17.3 Å². The first-order valence-electron chi connectivity index (χ1n) is 6.04.